The van der Waals surface area contributed by atoms with Crippen LogP contribution in [0.3, 0.4) is 0 Å². The zero-order valence-electron chi connectivity index (χ0n) is 11.5. The molecule has 10 heteroatoms. The smallest absolute Gasteiger partial charge is 0.337 e. The summed E-state index contributed by atoms with van der Waals surface area (Å²) in [4.78, 5) is 15.3. The predicted octanol–water partition coefficient (Wildman–Crippen LogP) is 2.50. The number of hydrogen-bond acceptors (Lipinski definition) is 7. The maximum absolute atomic E-state index is 12.2. The topological polar surface area (TPSA) is 94.6 Å². The maximum Gasteiger partial charge on any atom is 0.337 e. The van der Waals surface area contributed by atoms with Gasteiger partial charge in [-0.1, -0.05) is 0 Å². The number of benzene rings is 1. The fourth-order valence-electron chi connectivity index (χ4n) is 1.58. The van der Waals surface area contributed by atoms with Crippen LogP contribution in [-0.2, 0) is 14.8 Å². The van der Waals surface area contributed by atoms with Crippen LogP contribution >= 0.6 is 27.3 Å². The summed E-state index contributed by atoms with van der Waals surface area (Å²) in [6.45, 7) is 0. The normalized spacial score (nSPS) is 11.0. The average molecular weight is 407 g/mol. The number of nitrogens with zero attached hydrogens (tertiary/aromatic N) is 1. The third kappa shape index (κ3) is 3.57. The number of rotatable bonds is 5. The van der Waals surface area contributed by atoms with Gasteiger partial charge in [0.25, 0.3) is 10.0 Å². The van der Waals surface area contributed by atoms with Crippen LogP contribution in [0.5, 0.6) is 5.75 Å². The molecule has 1 heterocycles. The Hall–Kier alpha value is -1.65. The number of nitrogens with one attached hydrogen (secondary N) is 1. The molecule has 0 aliphatic carbocycles. The fraction of sp³-hybridized carbons (Fsp3) is 0.167. The SMILES string of the molecule is COC(=O)c1ccc(NS(=O)(=O)c2csc(Br)n2)c(OC)c1. The average Bonchev–Trinajstić information content (AvgIpc) is 2.94. The van der Waals surface area contributed by atoms with Gasteiger partial charge in [0, 0.05) is 5.38 Å². The van der Waals surface area contributed by atoms with Crippen molar-refractivity contribution >= 4 is 48.9 Å². The van der Waals surface area contributed by atoms with Gasteiger partial charge in [-0.3, -0.25) is 4.72 Å². The van der Waals surface area contributed by atoms with E-state index in [4.69, 9.17) is 4.74 Å². The van der Waals surface area contributed by atoms with Crippen LogP contribution in [-0.4, -0.2) is 33.6 Å². The number of carbonyl (C=O) groups excluding carboxylic acids is 1. The molecule has 2 aromatic rings. The molecule has 0 atom stereocenters. The molecule has 0 unspecified atom stereocenters. The minimum absolute atomic E-state index is 0.108. The second-order valence-corrected chi connectivity index (χ2v) is 7.71. The van der Waals surface area contributed by atoms with Crippen molar-refractivity contribution in [1.29, 1.82) is 0 Å². The molecule has 2 rings (SSSR count). The van der Waals surface area contributed by atoms with E-state index >= 15 is 0 Å². The van der Waals surface area contributed by atoms with Gasteiger partial charge in [-0.15, -0.1) is 11.3 Å². The van der Waals surface area contributed by atoms with E-state index in [1.807, 2.05) is 0 Å². The van der Waals surface area contributed by atoms with Crippen molar-refractivity contribution < 1.29 is 22.7 Å². The van der Waals surface area contributed by atoms with Gasteiger partial charge < -0.3 is 9.47 Å². The summed E-state index contributed by atoms with van der Waals surface area (Å²) in [5, 5.41) is 1.30. The quantitative estimate of drug-likeness (QED) is 0.766. The molecule has 22 heavy (non-hydrogen) atoms. The fourth-order valence-corrected chi connectivity index (χ4v) is 4.05. The van der Waals surface area contributed by atoms with E-state index < -0.39 is 16.0 Å². The van der Waals surface area contributed by atoms with E-state index in [2.05, 4.69) is 30.4 Å². The van der Waals surface area contributed by atoms with Crippen LogP contribution < -0.4 is 9.46 Å². The number of aromatic nitrogens is 1. The number of halogens is 1. The van der Waals surface area contributed by atoms with Crippen LogP contribution in [0.15, 0.2) is 32.5 Å². The lowest BCUT2D eigenvalue weighted by Crippen LogP contribution is -2.14. The number of carbonyl (C=O) groups is 1. The number of thiazole rings is 1. The molecule has 1 aromatic carbocycles. The van der Waals surface area contributed by atoms with Crippen molar-refractivity contribution in [3.8, 4) is 5.75 Å². The third-order valence-electron chi connectivity index (χ3n) is 2.60. The van der Waals surface area contributed by atoms with Gasteiger partial charge in [0.1, 0.15) is 5.75 Å². The standard InChI is InChI=1S/C12H11BrN2O5S2/c1-19-9-5-7(11(16)20-2)3-4-8(9)15-22(17,18)10-6-21-12(13)14-10/h3-6,15H,1-2H3. The highest BCUT2D eigenvalue weighted by Gasteiger charge is 2.20. The van der Waals surface area contributed by atoms with E-state index in [9.17, 15) is 13.2 Å². The van der Waals surface area contributed by atoms with Crippen LogP contribution in [0.1, 0.15) is 10.4 Å². The number of hydrogen-bond donors (Lipinski definition) is 1. The molecule has 1 aromatic heterocycles. The Morgan fingerprint density at radius 1 is 1.36 bits per heavy atom. The lowest BCUT2D eigenvalue weighted by molar-refractivity contribution is 0.0600. The number of ether oxygens (including phenoxy) is 2. The van der Waals surface area contributed by atoms with Crippen molar-refractivity contribution in [3.05, 3.63) is 33.1 Å². The van der Waals surface area contributed by atoms with E-state index in [0.717, 1.165) is 11.3 Å². The van der Waals surface area contributed by atoms with Crippen molar-refractivity contribution in [3.63, 3.8) is 0 Å². The first kappa shape index (κ1) is 16.7. The Balaban J connectivity index is 2.35. The Kier molecular flexibility index (Phi) is 5.04. The second-order valence-electron chi connectivity index (χ2n) is 3.95. The third-order valence-corrected chi connectivity index (χ3v) is 5.36. The number of anilines is 1. The largest absolute Gasteiger partial charge is 0.495 e. The molecule has 0 radical (unpaired) electrons. The minimum atomic E-state index is -3.84. The van der Waals surface area contributed by atoms with Crippen LogP contribution in [0.4, 0.5) is 5.69 Å². The Morgan fingerprint density at radius 3 is 2.64 bits per heavy atom. The molecule has 0 spiro atoms. The highest BCUT2D eigenvalue weighted by Crippen LogP contribution is 2.29. The summed E-state index contributed by atoms with van der Waals surface area (Å²) in [5.41, 5.74) is 0.443. The zero-order valence-corrected chi connectivity index (χ0v) is 14.7. The summed E-state index contributed by atoms with van der Waals surface area (Å²) in [6.07, 6.45) is 0. The van der Waals surface area contributed by atoms with Crippen molar-refractivity contribution in [2.45, 2.75) is 5.03 Å². The van der Waals surface area contributed by atoms with Crippen molar-refractivity contribution in [2.75, 3.05) is 18.9 Å². The van der Waals surface area contributed by atoms with E-state index in [0.29, 0.717) is 3.92 Å². The van der Waals surface area contributed by atoms with Crippen molar-refractivity contribution in [2.24, 2.45) is 0 Å². The van der Waals surface area contributed by atoms with Gasteiger partial charge in [-0.05, 0) is 34.1 Å². The molecule has 118 valence electrons. The van der Waals surface area contributed by atoms with E-state index in [-0.39, 0.29) is 22.0 Å². The predicted molar refractivity (Wildman–Crippen MR) is 85.0 cm³/mol. The Bertz CT molecular complexity index is 804. The van der Waals surface area contributed by atoms with Crippen molar-refractivity contribution in [1.82, 2.24) is 4.98 Å². The first-order chi connectivity index (χ1) is 10.4. The highest BCUT2D eigenvalue weighted by molar-refractivity contribution is 9.11. The molecule has 0 amide bonds. The molecule has 7 nitrogen and oxygen atoms in total. The number of esters is 1. The summed E-state index contributed by atoms with van der Waals surface area (Å²) < 4.78 is 37.0. The molecule has 1 N–H and O–H groups in total. The van der Waals surface area contributed by atoms with Crippen LogP contribution in [0.25, 0.3) is 0 Å². The van der Waals surface area contributed by atoms with Gasteiger partial charge in [0.2, 0.25) is 0 Å². The first-order valence-electron chi connectivity index (χ1n) is 5.77. The molecule has 0 aliphatic rings. The summed E-state index contributed by atoms with van der Waals surface area (Å²) in [7, 11) is -1.22. The molecule has 0 aliphatic heterocycles. The molecule has 0 bridgehead atoms. The second kappa shape index (κ2) is 6.63. The minimum Gasteiger partial charge on any atom is -0.495 e. The maximum atomic E-state index is 12.2. The molecular weight excluding hydrogens is 396 g/mol. The molecule has 0 fully saturated rings. The summed E-state index contributed by atoms with van der Waals surface area (Å²) in [6, 6.07) is 4.24. The lowest BCUT2D eigenvalue weighted by atomic mass is 10.2. The van der Waals surface area contributed by atoms with Gasteiger partial charge in [-0.2, -0.15) is 8.42 Å². The van der Waals surface area contributed by atoms with Gasteiger partial charge in [0.15, 0.2) is 8.94 Å². The zero-order chi connectivity index (χ0) is 16.3. The first-order valence-corrected chi connectivity index (χ1v) is 8.93. The van der Waals surface area contributed by atoms with Crippen LogP contribution in [0.2, 0.25) is 0 Å². The van der Waals surface area contributed by atoms with E-state index in [1.165, 1.54) is 37.8 Å². The molecular formula is C12H11BrN2O5S2. The van der Waals surface area contributed by atoms with Gasteiger partial charge in [0.05, 0.1) is 25.5 Å². The number of sulfonamides is 1. The summed E-state index contributed by atoms with van der Waals surface area (Å²) >= 11 is 4.27. The van der Waals surface area contributed by atoms with Crippen LogP contribution in [0, 0.1) is 0 Å². The molecule has 0 saturated carbocycles. The lowest BCUT2D eigenvalue weighted by Gasteiger charge is -2.11. The monoisotopic (exact) mass is 406 g/mol. The van der Waals surface area contributed by atoms with E-state index in [1.54, 1.807) is 0 Å². The van der Waals surface area contributed by atoms with Gasteiger partial charge in [-0.25, -0.2) is 9.78 Å². The Labute approximate surface area is 139 Å². The summed E-state index contributed by atoms with van der Waals surface area (Å²) in [5.74, 6) is -0.350. The van der Waals surface area contributed by atoms with Gasteiger partial charge >= 0.3 is 5.97 Å². The Morgan fingerprint density at radius 2 is 2.09 bits per heavy atom. The highest BCUT2D eigenvalue weighted by atomic mass is 79.9. The molecule has 0 saturated heterocycles. The number of methoxy groups -OCH3 is 2.